The van der Waals surface area contributed by atoms with E-state index in [-0.39, 0.29) is 19.0 Å². The molecule has 1 atom stereocenters. The number of para-hydroxylation sites is 1. The summed E-state index contributed by atoms with van der Waals surface area (Å²) in [4.78, 5) is 27.4. The molecule has 0 heterocycles. The lowest BCUT2D eigenvalue weighted by Crippen LogP contribution is -2.51. The van der Waals surface area contributed by atoms with E-state index in [0.29, 0.717) is 12.2 Å². The van der Waals surface area contributed by atoms with Crippen LogP contribution in [0.25, 0.3) is 0 Å². The van der Waals surface area contributed by atoms with Crippen LogP contribution in [0.2, 0.25) is 0 Å². The van der Waals surface area contributed by atoms with E-state index in [1.807, 2.05) is 70.2 Å². The molecule has 2 rings (SSSR count). The largest absolute Gasteiger partial charge is 0.355 e. The maximum atomic E-state index is 13.5. The fourth-order valence-electron chi connectivity index (χ4n) is 3.57. The third-order valence-corrected chi connectivity index (χ3v) is 6.47. The molecule has 32 heavy (non-hydrogen) atoms. The molecule has 0 spiro atoms. The fraction of sp³-hybridized carbons (Fsp3) is 0.417. The maximum Gasteiger partial charge on any atom is 0.244 e. The Balaban J connectivity index is 2.43. The van der Waals surface area contributed by atoms with E-state index >= 15 is 0 Å². The monoisotopic (exact) mass is 459 g/mol. The Morgan fingerprint density at radius 1 is 1.00 bits per heavy atom. The fourth-order valence-corrected chi connectivity index (χ4v) is 4.53. The molecule has 0 fully saturated rings. The van der Waals surface area contributed by atoms with Gasteiger partial charge in [0.15, 0.2) is 0 Å². The number of hydrogen-bond acceptors (Lipinski definition) is 4. The highest BCUT2D eigenvalue weighted by Crippen LogP contribution is 2.27. The second-order valence-corrected chi connectivity index (χ2v) is 9.99. The summed E-state index contributed by atoms with van der Waals surface area (Å²) < 4.78 is 26.5. The van der Waals surface area contributed by atoms with Crippen LogP contribution in [0.5, 0.6) is 0 Å². The Bertz CT molecular complexity index is 1040. The number of hydrogen-bond donors (Lipinski definition) is 1. The molecule has 0 bridgehead atoms. The van der Waals surface area contributed by atoms with Gasteiger partial charge in [0.2, 0.25) is 21.8 Å². The standard InChI is InChI=1S/C24H33N3O4S/c1-7-25-24(29)20(5)26(15-21-13-11-17(2)12-14-21)22(28)16-27(32(6,30)31)23-18(3)9-8-10-19(23)4/h8-14,20H,7,15-16H2,1-6H3,(H,25,29)/t20-/m1/s1. The van der Waals surface area contributed by atoms with Gasteiger partial charge in [0.05, 0.1) is 11.9 Å². The summed E-state index contributed by atoms with van der Waals surface area (Å²) in [7, 11) is -3.74. The number of likely N-dealkylation sites (N-methyl/N-ethyl adjacent to an activating group) is 1. The Labute approximate surface area is 191 Å². The van der Waals surface area contributed by atoms with Crippen molar-refractivity contribution in [1.29, 1.82) is 0 Å². The zero-order chi connectivity index (χ0) is 24.1. The van der Waals surface area contributed by atoms with Crippen LogP contribution in [-0.2, 0) is 26.2 Å². The number of amides is 2. The van der Waals surface area contributed by atoms with Gasteiger partial charge in [-0.25, -0.2) is 8.42 Å². The first-order valence-electron chi connectivity index (χ1n) is 10.6. The third kappa shape index (κ3) is 6.32. The van der Waals surface area contributed by atoms with Crippen molar-refractivity contribution in [2.24, 2.45) is 0 Å². The van der Waals surface area contributed by atoms with Crippen LogP contribution in [0.1, 0.15) is 36.1 Å². The first-order chi connectivity index (χ1) is 15.0. The number of benzene rings is 2. The number of anilines is 1. The minimum Gasteiger partial charge on any atom is -0.355 e. The molecule has 8 heteroatoms. The smallest absolute Gasteiger partial charge is 0.244 e. The molecule has 2 amide bonds. The highest BCUT2D eigenvalue weighted by atomic mass is 32.2. The molecular formula is C24H33N3O4S. The average molecular weight is 460 g/mol. The Morgan fingerprint density at radius 2 is 1.56 bits per heavy atom. The van der Waals surface area contributed by atoms with Crippen LogP contribution < -0.4 is 9.62 Å². The molecule has 0 radical (unpaired) electrons. The lowest BCUT2D eigenvalue weighted by atomic mass is 10.1. The number of rotatable bonds is 9. The second kappa shape index (κ2) is 10.6. The lowest BCUT2D eigenvalue weighted by molar-refractivity contribution is -0.139. The number of carbonyl (C=O) groups excluding carboxylic acids is 2. The number of nitrogens with zero attached hydrogens (tertiary/aromatic N) is 2. The Morgan fingerprint density at radius 3 is 2.06 bits per heavy atom. The van der Waals surface area contributed by atoms with E-state index in [9.17, 15) is 18.0 Å². The molecule has 0 aliphatic rings. The summed E-state index contributed by atoms with van der Waals surface area (Å²) in [6, 6.07) is 12.4. The van der Waals surface area contributed by atoms with Gasteiger partial charge in [-0.05, 0) is 51.3 Å². The average Bonchev–Trinajstić information content (AvgIpc) is 2.71. The third-order valence-electron chi connectivity index (χ3n) is 5.36. The molecule has 7 nitrogen and oxygen atoms in total. The first kappa shape index (κ1) is 25.4. The predicted octanol–water partition coefficient (Wildman–Crippen LogP) is 2.93. The van der Waals surface area contributed by atoms with E-state index in [4.69, 9.17) is 0 Å². The minimum atomic E-state index is -3.74. The topological polar surface area (TPSA) is 86.8 Å². The van der Waals surface area contributed by atoms with Gasteiger partial charge in [-0.15, -0.1) is 0 Å². The van der Waals surface area contributed by atoms with Crippen molar-refractivity contribution in [1.82, 2.24) is 10.2 Å². The van der Waals surface area contributed by atoms with Gasteiger partial charge in [-0.3, -0.25) is 13.9 Å². The molecular weight excluding hydrogens is 426 g/mol. The summed E-state index contributed by atoms with van der Waals surface area (Å²) in [5.74, 6) is -0.733. The van der Waals surface area contributed by atoms with Gasteiger partial charge in [0, 0.05) is 13.1 Å². The van der Waals surface area contributed by atoms with Gasteiger partial charge < -0.3 is 10.2 Å². The zero-order valence-corrected chi connectivity index (χ0v) is 20.5. The summed E-state index contributed by atoms with van der Waals surface area (Å²) in [6.45, 7) is 9.30. The van der Waals surface area contributed by atoms with Gasteiger partial charge in [-0.2, -0.15) is 0 Å². The minimum absolute atomic E-state index is 0.196. The van der Waals surface area contributed by atoms with Crippen molar-refractivity contribution < 1.29 is 18.0 Å². The number of sulfonamides is 1. The van der Waals surface area contributed by atoms with Crippen LogP contribution >= 0.6 is 0 Å². The van der Waals surface area contributed by atoms with Crippen molar-refractivity contribution in [3.05, 3.63) is 64.7 Å². The summed E-state index contributed by atoms with van der Waals surface area (Å²) in [5.41, 5.74) is 3.94. The Hall–Kier alpha value is -2.87. The van der Waals surface area contributed by atoms with E-state index in [1.54, 1.807) is 6.92 Å². The molecule has 0 aliphatic heterocycles. The van der Waals surface area contributed by atoms with Gasteiger partial charge in [0.1, 0.15) is 12.6 Å². The summed E-state index contributed by atoms with van der Waals surface area (Å²) in [5, 5.41) is 2.74. The molecule has 0 unspecified atom stereocenters. The van der Waals surface area contributed by atoms with Crippen LogP contribution in [0.4, 0.5) is 5.69 Å². The molecule has 2 aromatic carbocycles. The normalized spacial score (nSPS) is 12.2. The zero-order valence-electron chi connectivity index (χ0n) is 19.7. The van der Waals surface area contributed by atoms with Gasteiger partial charge in [0.25, 0.3) is 0 Å². The van der Waals surface area contributed by atoms with Gasteiger partial charge in [-0.1, -0.05) is 48.0 Å². The summed E-state index contributed by atoms with van der Waals surface area (Å²) >= 11 is 0. The van der Waals surface area contributed by atoms with Crippen molar-refractivity contribution >= 4 is 27.5 Å². The van der Waals surface area contributed by atoms with Crippen LogP contribution in [0.15, 0.2) is 42.5 Å². The highest BCUT2D eigenvalue weighted by Gasteiger charge is 2.30. The number of aryl methyl sites for hydroxylation is 3. The van der Waals surface area contributed by atoms with Crippen LogP contribution in [-0.4, -0.2) is 50.5 Å². The molecule has 174 valence electrons. The molecule has 2 aromatic rings. The van der Waals surface area contributed by atoms with Crippen molar-refractivity contribution in [2.75, 3.05) is 23.7 Å². The highest BCUT2D eigenvalue weighted by molar-refractivity contribution is 7.92. The van der Waals surface area contributed by atoms with E-state index in [1.165, 1.54) is 4.90 Å². The predicted molar refractivity (Wildman–Crippen MR) is 128 cm³/mol. The lowest BCUT2D eigenvalue weighted by Gasteiger charge is -2.32. The van der Waals surface area contributed by atoms with Gasteiger partial charge >= 0.3 is 0 Å². The SMILES string of the molecule is CCNC(=O)[C@@H](C)N(Cc1ccc(C)cc1)C(=O)CN(c1c(C)cccc1C)S(C)(=O)=O. The number of nitrogens with one attached hydrogen (secondary N) is 1. The van der Waals surface area contributed by atoms with E-state index in [0.717, 1.165) is 32.8 Å². The molecule has 1 N–H and O–H groups in total. The first-order valence-corrected chi connectivity index (χ1v) is 12.5. The summed E-state index contributed by atoms with van der Waals surface area (Å²) in [6.07, 6.45) is 1.09. The van der Waals surface area contributed by atoms with Crippen molar-refractivity contribution in [3.63, 3.8) is 0 Å². The van der Waals surface area contributed by atoms with Crippen molar-refractivity contribution in [2.45, 2.75) is 47.2 Å². The Kier molecular flexibility index (Phi) is 8.44. The van der Waals surface area contributed by atoms with Crippen LogP contribution in [0, 0.1) is 20.8 Å². The van der Waals surface area contributed by atoms with E-state index in [2.05, 4.69) is 5.32 Å². The second-order valence-electron chi connectivity index (χ2n) is 8.09. The molecule has 0 saturated carbocycles. The molecule has 0 aromatic heterocycles. The number of carbonyl (C=O) groups is 2. The quantitative estimate of drug-likeness (QED) is 0.625. The maximum absolute atomic E-state index is 13.5. The molecule has 0 aliphatic carbocycles. The van der Waals surface area contributed by atoms with E-state index < -0.39 is 22.0 Å². The molecule has 0 saturated heterocycles. The van der Waals surface area contributed by atoms with Crippen LogP contribution in [0.3, 0.4) is 0 Å². The van der Waals surface area contributed by atoms with Crippen molar-refractivity contribution in [3.8, 4) is 0 Å².